The second kappa shape index (κ2) is 8.30. The lowest BCUT2D eigenvalue weighted by Gasteiger charge is -2.30. The number of rotatable bonds is 3. The average molecular weight is 464 g/mol. The molecule has 0 unspecified atom stereocenters. The Hall–Kier alpha value is -2.77. The molecule has 1 aliphatic rings. The molecule has 7 heteroatoms. The van der Waals surface area contributed by atoms with Crippen LogP contribution in [0.1, 0.15) is 25.3 Å². The van der Waals surface area contributed by atoms with Gasteiger partial charge in [0.2, 0.25) is 5.91 Å². The van der Waals surface area contributed by atoms with E-state index < -0.39 is 0 Å². The summed E-state index contributed by atoms with van der Waals surface area (Å²) in [7, 11) is 0. The number of nitrogens with zero attached hydrogens (tertiary/aromatic N) is 3. The number of para-hydroxylation sites is 1. The van der Waals surface area contributed by atoms with Gasteiger partial charge in [-0.1, -0.05) is 48.9 Å². The molecule has 5 rings (SSSR count). The molecular weight excluding hydrogens is 438 g/mol. The number of aryl methyl sites for hydroxylation is 1. The van der Waals surface area contributed by atoms with E-state index in [2.05, 4.69) is 19.1 Å². The summed E-state index contributed by atoms with van der Waals surface area (Å²) in [5.41, 5.74) is 3.49. The van der Waals surface area contributed by atoms with Crippen LogP contribution in [0.2, 0.25) is 0 Å². The zero-order valence-electron chi connectivity index (χ0n) is 18.2. The van der Waals surface area contributed by atoms with E-state index in [4.69, 9.17) is 12.2 Å². The number of hydrogen-bond acceptors (Lipinski definition) is 4. The molecule has 164 valence electrons. The lowest BCUT2D eigenvalue weighted by molar-refractivity contribution is -0.133. The highest BCUT2D eigenvalue weighted by Crippen LogP contribution is 2.33. The summed E-state index contributed by atoms with van der Waals surface area (Å²) >= 11 is 7.23. The van der Waals surface area contributed by atoms with Gasteiger partial charge in [-0.2, -0.15) is 0 Å². The third-order valence-electron chi connectivity index (χ3n) is 6.41. The minimum atomic E-state index is -0.152. The number of fused-ring (bicyclic) bond motifs is 3. The van der Waals surface area contributed by atoms with Crippen LogP contribution >= 0.6 is 23.6 Å². The Labute approximate surface area is 195 Å². The van der Waals surface area contributed by atoms with Gasteiger partial charge in [0.15, 0.2) is 3.95 Å². The van der Waals surface area contributed by atoms with Crippen molar-refractivity contribution >= 4 is 46.0 Å². The summed E-state index contributed by atoms with van der Waals surface area (Å²) < 4.78 is 4.25. The van der Waals surface area contributed by atoms with Gasteiger partial charge in [-0.15, -0.1) is 11.3 Å². The Morgan fingerprint density at radius 2 is 1.78 bits per heavy atom. The van der Waals surface area contributed by atoms with Crippen molar-refractivity contribution in [3.63, 3.8) is 0 Å². The number of piperidine rings is 1. The van der Waals surface area contributed by atoms with Crippen molar-refractivity contribution in [1.29, 1.82) is 0 Å². The molecule has 0 saturated carbocycles. The topological polar surface area (TPSA) is 46.7 Å². The van der Waals surface area contributed by atoms with Gasteiger partial charge >= 0.3 is 0 Å². The Morgan fingerprint density at radius 1 is 1.09 bits per heavy atom. The smallest absolute Gasteiger partial charge is 0.262 e. The normalized spacial score (nSPS) is 15.0. The van der Waals surface area contributed by atoms with Crippen LogP contribution in [-0.4, -0.2) is 32.9 Å². The van der Waals surface area contributed by atoms with E-state index in [1.807, 2.05) is 52.6 Å². The summed E-state index contributed by atoms with van der Waals surface area (Å²) in [6.07, 6.45) is 2.01. The Morgan fingerprint density at radius 3 is 2.50 bits per heavy atom. The first kappa shape index (κ1) is 21.1. The number of benzene rings is 2. The van der Waals surface area contributed by atoms with E-state index in [1.165, 1.54) is 16.9 Å². The summed E-state index contributed by atoms with van der Waals surface area (Å²) in [5.74, 6) is 0.626. The molecule has 0 bridgehead atoms. The SMILES string of the molecule is Cc1ccc(-c2sc(=S)n3c4ccccc4c(=O)n(CC(=O)N4CCC(C)CC4)c23)cc1. The van der Waals surface area contributed by atoms with E-state index in [9.17, 15) is 9.59 Å². The van der Waals surface area contributed by atoms with Crippen LogP contribution in [0.4, 0.5) is 0 Å². The van der Waals surface area contributed by atoms with Gasteiger partial charge in [0.25, 0.3) is 5.56 Å². The van der Waals surface area contributed by atoms with Gasteiger partial charge in [-0.3, -0.25) is 18.6 Å². The number of hydrogen-bond donors (Lipinski definition) is 0. The quantitative estimate of drug-likeness (QED) is 0.389. The molecule has 3 heterocycles. The van der Waals surface area contributed by atoms with Crippen LogP contribution < -0.4 is 5.56 Å². The molecular formula is C25H25N3O2S2. The zero-order chi connectivity index (χ0) is 22.4. The van der Waals surface area contributed by atoms with E-state index in [0.29, 0.717) is 20.9 Å². The molecule has 0 radical (unpaired) electrons. The van der Waals surface area contributed by atoms with E-state index in [1.54, 1.807) is 4.57 Å². The van der Waals surface area contributed by atoms with Gasteiger partial charge in [-0.05, 0) is 55.6 Å². The van der Waals surface area contributed by atoms with Gasteiger partial charge < -0.3 is 4.90 Å². The third kappa shape index (κ3) is 3.59. The number of carbonyl (C=O) groups is 1. The van der Waals surface area contributed by atoms with Gasteiger partial charge in [-0.25, -0.2) is 0 Å². The molecule has 32 heavy (non-hydrogen) atoms. The third-order valence-corrected chi connectivity index (χ3v) is 7.82. The number of thiazole rings is 1. The van der Waals surface area contributed by atoms with Crippen molar-refractivity contribution in [2.45, 2.75) is 33.2 Å². The highest BCUT2D eigenvalue weighted by atomic mass is 32.1. The van der Waals surface area contributed by atoms with E-state index >= 15 is 0 Å². The van der Waals surface area contributed by atoms with E-state index in [-0.39, 0.29) is 18.0 Å². The average Bonchev–Trinajstić information content (AvgIpc) is 3.14. The van der Waals surface area contributed by atoms with Crippen LogP contribution in [0.5, 0.6) is 0 Å². The number of aromatic nitrogens is 2. The zero-order valence-corrected chi connectivity index (χ0v) is 19.8. The first-order valence-corrected chi connectivity index (χ1v) is 12.2. The summed E-state index contributed by atoms with van der Waals surface area (Å²) in [6.45, 7) is 5.79. The lowest BCUT2D eigenvalue weighted by Crippen LogP contribution is -2.41. The van der Waals surface area contributed by atoms with E-state index in [0.717, 1.165) is 41.9 Å². The van der Waals surface area contributed by atoms with Crippen LogP contribution in [0, 0.1) is 16.8 Å². The molecule has 1 fully saturated rings. The molecule has 5 nitrogen and oxygen atoms in total. The molecule has 0 aliphatic carbocycles. The van der Waals surface area contributed by atoms with Crippen molar-refractivity contribution in [1.82, 2.24) is 13.9 Å². The monoisotopic (exact) mass is 463 g/mol. The minimum Gasteiger partial charge on any atom is -0.341 e. The minimum absolute atomic E-state index is 0.0110. The van der Waals surface area contributed by atoms with Crippen molar-refractivity contribution in [2.75, 3.05) is 13.1 Å². The summed E-state index contributed by atoms with van der Waals surface area (Å²) in [5, 5.41) is 0.574. The first-order valence-electron chi connectivity index (χ1n) is 11.0. The molecule has 2 aromatic heterocycles. The first-order chi connectivity index (χ1) is 15.4. The number of likely N-dealkylation sites (tertiary alicyclic amines) is 1. The van der Waals surface area contributed by atoms with Crippen LogP contribution in [0.25, 0.3) is 27.0 Å². The molecule has 1 aliphatic heterocycles. The Bertz CT molecular complexity index is 1440. The van der Waals surface area contributed by atoms with Crippen molar-refractivity contribution in [2.24, 2.45) is 5.92 Å². The molecule has 1 amide bonds. The number of carbonyl (C=O) groups excluding carboxylic acids is 1. The Kier molecular flexibility index (Phi) is 5.47. The molecule has 2 aromatic carbocycles. The highest BCUT2D eigenvalue weighted by molar-refractivity contribution is 7.73. The maximum atomic E-state index is 13.6. The summed E-state index contributed by atoms with van der Waals surface area (Å²) in [4.78, 5) is 29.7. The molecule has 1 saturated heterocycles. The predicted molar refractivity (Wildman–Crippen MR) is 133 cm³/mol. The van der Waals surface area contributed by atoms with Gasteiger partial charge in [0.1, 0.15) is 12.2 Å². The second-order valence-electron chi connectivity index (χ2n) is 8.69. The molecule has 0 atom stereocenters. The van der Waals surface area contributed by atoms with Gasteiger partial charge in [0.05, 0.1) is 15.8 Å². The highest BCUT2D eigenvalue weighted by Gasteiger charge is 2.24. The fourth-order valence-electron chi connectivity index (χ4n) is 4.45. The Balaban J connectivity index is 1.73. The van der Waals surface area contributed by atoms with Crippen molar-refractivity contribution < 1.29 is 4.79 Å². The molecule has 0 spiro atoms. The van der Waals surface area contributed by atoms with Crippen LogP contribution in [0.15, 0.2) is 53.3 Å². The van der Waals surface area contributed by atoms with Crippen molar-refractivity contribution in [3.05, 3.63) is 68.4 Å². The fourth-order valence-corrected chi connectivity index (χ4v) is 5.88. The largest absolute Gasteiger partial charge is 0.341 e. The maximum Gasteiger partial charge on any atom is 0.262 e. The maximum absolute atomic E-state index is 13.6. The fraction of sp³-hybridized carbons (Fsp3) is 0.320. The molecule has 4 aromatic rings. The lowest BCUT2D eigenvalue weighted by atomic mass is 9.99. The second-order valence-corrected chi connectivity index (χ2v) is 10.3. The van der Waals surface area contributed by atoms with Gasteiger partial charge in [0, 0.05) is 13.1 Å². The molecule has 0 N–H and O–H groups in total. The van der Waals surface area contributed by atoms with Crippen molar-refractivity contribution in [3.8, 4) is 10.4 Å². The standard InChI is InChI=1S/C25H25N3O2S2/c1-16-7-9-18(10-8-16)22-23-27(15-21(29)26-13-11-17(2)12-14-26)24(30)19-5-3-4-6-20(19)28(23)25(31)32-22/h3-10,17H,11-15H2,1-2H3. The predicted octanol–water partition coefficient (Wildman–Crippen LogP) is 5.28. The van der Waals surface area contributed by atoms with Crippen LogP contribution in [0.3, 0.4) is 0 Å². The number of amides is 1. The van der Waals surface area contributed by atoms with Crippen LogP contribution in [-0.2, 0) is 11.3 Å². The summed E-state index contributed by atoms with van der Waals surface area (Å²) in [6, 6.07) is 15.7.